The normalized spacial score (nSPS) is 17.6. The van der Waals surface area contributed by atoms with Crippen LogP contribution in [0.5, 0.6) is 11.5 Å². The maximum atomic E-state index is 13.9. The highest BCUT2D eigenvalue weighted by Gasteiger charge is 2.51. The maximum Gasteiger partial charge on any atom is 0.342 e. The number of benzene rings is 3. The van der Waals surface area contributed by atoms with Crippen LogP contribution >= 0.6 is 23.4 Å². The van der Waals surface area contributed by atoms with E-state index in [1.165, 1.54) is 17.5 Å². The summed E-state index contributed by atoms with van der Waals surface area (Å²) in [6.07, 6.45) is 1.47. The van der Waals surface area contributed by atoms with Gasteiger partial charge in [0.25, 0.3) is 8.32 Å². The molecule has 3 heterocycles. The number of hydrogen-bond donors (Lipinski definition) is 1. The van der Waals surface area contributed by atoms with Gasteiger partial charge in [-0.1, -0.05) is 107 Å². The van der Waals surface area contributed by atoms with E-state index >= 15 is 0 Å². The van der Waals surface area contributed by atoms with Crippen molar-refractivity contribution in [1.82, 2.24) is 19.5 Å². The molecule has 0 aliphatic carbocycles. The number of imidazole rings is 1. The van der Waals surface area contributed by atoms with Crippen molar-refractivity contribution in [3.63, 3.8) is 0 Å². The van der Waals surface area contributed by atoms with Gasteiger partial charge in [0.15, 0.2) is 10.8 Å². The van der Waals surface area contributed by atoms with Crippen LogP contribution in [-0.2, 0) is 14.0 Å². The van der Waals surface area contributed by atoms with E-state index in [-0.39, 0.29) is 38.8 Å². The second-order valence-corrected chi connectivity index (χ2v) is 20.3. The number of nitrogens with one attached hydrogen (secondary N) is 1. The first-order valence-electron chi connectivity index (χ1n) is 17.4. The monoisotopic (exact) mass is 773 g/mol. The molecule has 1 aliphatic heterocycles. The zero-order valence-electron chi connectivity index (χ0n) is 30.8. The molecule has 1 aliphatic rings. The number of ether oxygens (including phenoxy) is 3. The van der Waals surface area contributed by atoms with E-state index < -0.39 is 25.8 Å². The number of esters is 1. The molecule has 3 atom stereocenters. The summed E-state index contributed by atoms with van der Waals surface area (Å²) in [5, 5.41) is 4.41. The Labute approximate surface area is 319 Å². The molecular formula is C39H44ClN5O6SSi. The summed E-state index contributed by atoms with van der Waals surface area (Å²) in [4.78, 5) is 39.9. The summed E-state index contributed by atoms with van der Waals surface area (Å²) in [6, 6.07) is 25.9. The third-order valence-corrected chi connectivity index (χ3v) is 16.1. The molecule has 3 aromatic carbocycles. The van der Waals surface area contributed by atoms with E-state index in [4.69, 9.17) is 30.2 Å². The summed E-state index contributed by atoms with van der Waals surface area (Å²) in [6.45, 7) is 10.7. The minimum atomic E-state index is -2.86. The SMILES string of the molecule is COc1ccc(C(=O)OC2CC(CO[Si](c3ccccc3)(c3ccccc3)C(C)(C)C)SC2n2cnc3c(Cl)nc(NC(=O)C(C)C)nc32)c(OC)c1. The minimum absolute atomic E-state index is 0.0639. The average Bonchev–Trinajstić information content (AvgIpc) is 3.75. The quantitative estimate of drug-likeness (QED) is 0.0813. The second-order valence-electron chi connectivity index (χ2n) is 14.2. The lowest BCUT2D eigenvalue weighted by Crippen LogP contribution is -2.67. The van der Waals surface area contributed by atoms with Crippen molar-refractivity contribution >= 4 is 71.0 Å². The molecule has 3 unspecified atom stereocenters. The van der Waals surface area contributed by atoms with Crippen molar-refractivity contribution in [2.24, 2.45) is 5.92 Å². The van der Waals surface area contributed by atoms with Gasteiger partial charge in [0.05, 0.1) is 20.5 Å². The predicted octanol–water partition coefficient (Wildman–Crippen LogP) is 6.90. The number of methoxy groups -OCH3 is 2. The molecule has 1 amide bonds. The van der Waals surface area contributed by atoms with Crippen molar-refractivity contribution in [1.29, 1.82) is 0 Å². The number of thioether (sulfide) groups is 1. The summed E-state index contributed by atoms with van der Waals surface area (Å²) < 4.78 is 26.4. The first kappa shape index (κ1) is 38.3. The van der Waals surface area contributed by atoms with E-state index in [2.05, 4.69) is 89.6 Å². The van der Waals surface area contributed by atoms with E-state index in [0.717, 1.165) is 0 Å². The van der Waals surface area contributed by atoms with Crippen molar-refractivity contribution < 1.29 is 28.2 Å². The van der Waals surface area contributed by atoms with Crippen LogP contribution in [0.25, 0.3) is 11.2 Å². The van der Waals surface area contributed by atoms with E-state index in [1.807, 2.05) is 16.7 Å². The fourth-order valence-corrected chi connectivity index (χ4v) is 13.1. The van der Waals surface area contributed by atoms with E-state index in [9.17, 15) is 9.59 Å². The second kappa shape index (κ2) is 15.9. The summed E-state index contributed by atoms with van der Waals surface area (Å²) >= 11 is 8.20. The van der Waals surface area contributed by atoms with Crippen LogP contribution in [0.3, 0.4) is 0 Å². The summed E-state index contributed by atoms with van der Waals surface area (Å²) in [5.41, 5.74) is 1.03. The summed E-state index contributed by atoms with van der Waals surface area (Å²) in [5.74, 6) is -0.137. The Balaban J connectivity index is 1.38. The molecule has 6 rings (SSSR count). The van der Waals surface area contributed by atoms with Gasteiger partial charge in [-0.05, 0) is 27.5 Å². The van der Waals surface area contributed by atoms with Gasteiger partial charge in [0.1, 0.15) is 34.1 Å². The van der Waals surface area contributed by atoms with Crippen LogP contribution in [0.4, 0.5) is 5.95 Å². The van der Waals surface area contributed by atoms with Gasteiger partial charge < -0.3 is 18.6 Å². The highest BCUT2D eigenvalue weighted by atomic mass is 35.5. The lowest BCUT2D eigenvalue weighted by atomic mass is 10.1. The molecule has 1 fully saturated rings. The smallest absolute Gasteiger partial charge is 0.342 e. The van der Waals surface area contributed by atoms with Gasteiger partial charge in [-0.15, -0.1) is 11.8 Å². The Hall–Kier alpha value is -4.43. The standard InChI is InChI=1S/C39H44ClN5O6SSi/c1-24(2)35(46)44-38-42-33(40)32-34(43-38)45(23-41-32)36-31(51-37(47)29-19-18-25(48-6)20-30(29)49-7)21-26(52-36)22-50-53(39(3,4)5,27-14-10-8-11-15-27)28-16-12-9-13-17-28/h8-20,23-24,26,31,36H,21-22H2,1-7H3,(H,42,43,44,46). The van der Waals surface area contributed by atoms with Crippen LogP contribution in [0.2, 0.25) is 10.2 Å². The number of amides is 1. The molecule has 11 nitrogen and oxygen atoms in total. The van der Waals surface area contributed by atoms with Crippen LogP contribution in [0.15, 0.2) is 85.2 Å². The molecule has 0 bridgehead atoms. The van der Waals surface area contributed by atoms with Crippen LogP contribution in [0, 0.1) is 5.92 Å². The van der Waals surface area contributed by atoms with Gasteiger partial charge >= 0.3 is 5.97 Å². The molecule has 5 aromatic rings. The Morgan fingerprint density at radius 3 is 2.23 bits per heavy atom. The molecule has 1 saturated heterocycles. The zero-order chi connectivity index (χ0) is 37.9. The van der Waals surface area contributed by atoms with Gasteiger partial charge in [0, 0.05) is 30.3 Å². The largest absolute Gasteiger partial charge is 0.497 e. The maximum absolute atomic E-state index is 13.9. The Bertz CT molecular complexity index is 2040. The van der Waals surface area contributed by atoms with Gasteiger partial charge in [-0.25, -0.2) is 9.78 Å². The first-order chi connectivity index (χ1) is 25.4. The third kappa shape index (κ3) is 7.79. The molecule has 0 spiro atoms. The molecule has 53 heavy (non-hydrogen) atoms. The molecule has 2 aromatic heterocycles. The van der Waals surface area contributed by atoms with Crippen LogP contribution in [-0.4, -0.2) is 71.9 Å². The number of nitrogens with zero attached hydrogens (tertiary/aromatic N) is 4. The Kier molecular flexibility index (Phi) is 11.5. The lowest BCUT2D eigenvalue weighted by Gasteiger charge is -2.43. The van der Waals surface area contributed by atoms with Crippen molar-refractivity contribution in [2.45, 2.75) is 62.8 Å². The number of carbonyl (C=O) groups excluding carboxylic acids is 2. The van der Waals surface area contributed by atoms with Crippen LogP contribution in [0.1, 0.15) is 56.8 Å². The number of hydrogen-bond acceptors (Lipinski definition) is 10. The average molecular weight is 774 g/mol. The van der Waals surface area contributed by atoms with Crippen molar-refractivity contribution in [3.8, 4) is 11.5 Å². The molecule has 14 heteroatoms. The molecule has 0 saturated carbocycles. The molecule has 278 valence electrons. The summed E-state index contributed by atoms with van der Waals surface area (Å²) in [7, 11) is 0.180. The molecule has 0 radical (unpaired) electrons. The molecular weight excluding hydrogens is 730 g/mol. The molecule has 1 N–H and O–H groups in total. The minimum Gasteiger partial charge on any atom is -0.497 e. The number of carbonyl (C=O) groups is 2. The van der Waals surface area contributed by atoms with Crippen molar-refractivity contribution in [2.75, 3.05) is 26.1 Å². The topological polar surface area (TPSA) is 127 Å². The Morgan fingerprint density at radius 2 is 1.64 bits per heavy atom. The highest BCUT2D eigenvalue weighted by molar-refractivity contribution is 8.00. The number of halogens is 1. The fraction of sp³-hybridized carbons (Fsp3) is 0.359. The van der Waals surface area contributed by atoms with E-state index in [1.54, 1.807) is 57.2 Å². The Morgan fingerprint density at radius 1 is 0.981 bits per heavy atom. The van der Waals surface area contributed by atoms with Gasteiger partial charge in [-0.2, -0.15) is 9.97 Å². The lowest BCUT2D eigenvalue weighted by molar-refractivity contribution is -0.118. The fourth-order valence-electron chi connectivity index (χ4n) is 6.70. The van der Waals surface area contributed by atoms with Gasteiger partial charge in [0.2, 0.25) is 11.9 Å². The number of rotatable bonds is 12. The number of aromatic nitrogens is 4. The first-order valence-corrected chi connectivity index (χ1v) is 20.6. The highest BCUT2D eigenvalue weighted by Crippen LogP contribution is 2.46. The van der Waals surface area contributed by atoms with Gasteiger partial charge in [-0.3, -0.25) is 14.7 Å². The van der Waals surface area contributed by atoms with Crippen LogP contribution < -0.4 is 25.2 Å². The third-order valence-electron chi connectivity index (χ3n) is 9.35. The van der Waals surface area contributed by atoms with E-state index in [0.29, 0.717) is 35.7 Å². The number of anilines is 1. The number of fused-ring (bicyclic) bond motifs is 1. The zero-order valence-corrected chi connectivity index (χ0v) is 33.4. The predicted molar refractivity (Wildman–Crippen MR) is 211 cm³/mol. The van der Waals surface area contributed by atoms with Crippen molar-refractivity contribution in [3.05, 3.63) is 95.9 Å².